The van der Waals surface area contributed by atoms with Crippen molar-refractivity contribution in [1.82, 2.24) is 9.55 Å². The number of hydrogen-bond acceptors (Lipinski definition) is 5. The fourth-order valence-corrected chi connectivity index (χ4v) is 6.88. The van der Waals surface area contributed by atoms with Crippen LogP contribution in [0.25, 0.3) is 11.3 Å². The number of benzene rings is 2. The van der Waals surface area contributed by atoms with Crippen LogP contribution in [0.3, 0.4) is 0 Å². The first-order chi connectivity index (χ1) is 18.5. The molecule has 1 spiro atoms. The Balaban J connectivity index is 1.42. The van der Waals surface area contributed by atoms with Crippen molar-refractivity contribution in [1.29, 1.82) is 0 Å². The van der Waals surface area contributed by atoms with Crippen LogP contribution in [0.15, 0.2) is 81.3 Å². The van der Waals surface area contributed by atoms with Gasteiger partial charge < -0.3 is 9.73 Å². The molecule has 2 aliphatic carbocycles. The number of furan rings is 1. The molecule has 4 aromatic rings. The van der Waals surface area contributed by atoms with Crippen LogP contribution in [0.1, 0.15) is 49.0 Å². The van der Waals surface area contributed by atoms with Gasteiger partial charge in [0, 0.05) is 11.0 Å². The third-order valence-corrected chi connectivity index (χ3v) is 8.96. The van der Waals surface area contributed by atoms with Crippen molar-refractivity contribution in [2.24, 2.45) is 0 Å². The van der Waals surface area contributed by atoms with E-state index in [1.54, 1.807) is 23.0 Å². The molecule has 1 N–H and O–H groups in total. The quantitative estimate of drug-likeness (QED) is 0.216. The number of aromatic nitrogens is 2. The Kier molecular flexibility index (Phi) is 6.89. The minimum atomic E-state index is -0.219. The fraction of sp³-hybridized carbons (Fsp3) is 0.300. The van der Waals surface area contributed by atoms with E-state index in [9.17, 15) is 9.59 Å². The summed E-state index contributed by atoms with van der Waals surface area (Å²) in [5.41, 5.74) is 4.17. The van der Waals surface area contributed by atoms with Crippen LogP contribution in [0.2, 0.25) is 5.02 Å². The lowest BCUT2D eigenvalue weighted by Gasteiger charge is -2.42. The highest BCUT2D eigenvalue weighted by atomic mass is 35.5. The molecular weight excluding hydrogens is 518 g/mol. The molecule has 2 aliphatic rings. The van der Waals surface area contributed by atoms with Crippen LogP contribution in [-0.2, 0) is 23.2 Å². The molecule has 38 heavy (non-hydrogen) atoms. The van der Waals surface area contributed by atoms with E-state index >= 15 is 0 Å². The van der Waals surface area contributed by atoms with Crippen molar-refractivity contribution in [3.05, 3.63) is 99.2 Å². The molecular formula is C30H28ClN3O3S. The summed E-state index contributed by atoms with van der Waals surface area (Å²) in [4.78, 5) is 32.4. The number of anilines is 1. The normalized spacial score (nSPS) is 15.6. The van der Waals surface area contributed by atoms with Crippen molar-refractivity contribution in [2.45, 2.75) is 55.6 Å². The predicted molar refractivity (Wildman–Crippen MR) is 151 cm³/mol. The van der Waals surface area contributed by atoms with Gasteiger partial charge in [0.1, 0.15) is 5.76 Å². The lowest BCUT2D eigenvalue weighted by atomic mass is 9.62. The number of amides is 1. The van der Waals surface area contributed by atoms with Gasteiger partial charge in [0.15, 0.2) is 5.16 Å². The summed E-state index contributed by atoms with van der Waals surface area (Å²) in [5, 5.41) is 3.84. The van der Waals surface area contributed by atoms with Gasteiger partial charge in [-0.2, -0.15) is 0 Å². The summed E-state index contributed by atoms with van der Waals surface area (Å²) in [6.07, 6.45) is 7.85. The molecule has 2 aromatic heterocycles. The Morgan fingerprint density at radius 1 is 1.05 bits per heavy atom. The standard InChI is InChI=1S/C30H28ClN3O3S/c31-23-12-4-5-13-24(23)32-25(35)19-38-29-33-27-22-11-3-2-9-20(22)17-30(14-6-1-7-15-30)26(27)28(36)34(29)18-21-10-8-16-37-21/h2-5,8-13,16H,1,6-7,14-15,17-19H2,(H,32,35). The van der Waals surface area contributed by atoms with Crippen molar-refractivity contribution in [3.8, 4) is 11.3 Å². The molecule has 194 valence electrons. The topological polar surface area (TPSA) is 77.1 Å². The van der Waals surface area contributed by atoms with Gasteiger partial charge in [-0.3, -0.25) is 14.2 Å². The molecule has 0 aliphatic heterocycles. The molecule has 0 saturated heterocycles. The first-order valence-corrected chi connectivity index (χ1v) is 14.3. The number of carbonyl (C=O) groups excluding carboxylic acids is 1. The highest BCUT2D eigenvalue weighted by Gasteiger charge is 2.43. The number of hydrogen-bond donors (Lipinski definition) is 1. The highest BCUT2D eigenvalue weighted by molar-refractivity contribution is 7.99. The van der Waals surface area contributed by atoms with E-state index in [-0.39, 0.29) is 29.2 Å². The molecule has 0 unspecified atom stereocenters. The summed E-state index contributed by atoms with van der Waals surface area (Å²) in [6.45, 7) is 0.262. The second-order valence-corrected chi connectivity index (χ2v) is 11.4. The summed E-state index contributed by atoms with van der Waals surface area (Å²) in [5.74, 6) is 0.537. The van der Waals surface area contributed by atoms with E-state index in [4.69, 9.17) is 21.0 Å². The fourth-order valence-electron chi connectivity index (χ4n) is 5.91. The zero-order chi connectivity index (χ0) is 26.1. The van der Waals surface area contributed by atoms with E-state index in [1.807, 2.05) is 30.3 Å². The molecule has 1 saturated carbocycles. The monoisotopic (exact) mass is 545 g/mol. The van der Waals surface area contributed by atoms with Crippen molar-refractivity contribution in [2.75, 3.05) is 11.1 Å². The number of halogens is 1. The van der Waals surface area contributed by atoms with Gasteiger partial charge in [-0.25, -0.2) is 4.98 Å². The van der Waals surface area contributed by atoms with Crippen LogP contribution < -0.4 is 10.9 Å². The van der Waals surface area contributed by atoms with Gasteiger partial charge in [0.25, 0.3) is 5.56 Å². The minimum Gasteiger partial charge on any atom is -0.467 e. The predicted octanol–water partition coefficient (Wildman–Crippen LogP) is 6.69. The number of nitrogens with one attached hydrogen (secondary N) is 1. The van der Waals surface area contributed by atoms with Gasteiger partial charge >= 0.3 is 0 Å². The summed E-state index contributed by atoms with van der Waals surface area (Å²) >= 11 is 7.47. The van der Waals surface area contributed by atoms with Crippen molar-refractivity contribution < 1.29 is 9.21 Å². The van der Waals surface area contributed by atoms with Crippen LogP contribution in [0.4, 0.5) is 5.69 Å². The zero-order valence-electron chi connectivity index (χ0n) is 20.9. The van der Waals surface area contributed by atoms with Crippen molar-refractivity contribution >= 4 is 35.0 Å². The van der Waals surface area contributed by atoms with E-state index in [1.165, 1.54) is 23.7 Å². The third-order valence-electron chi connectivity index (χ3n) is 7.65. The molecule has 2 heterocycles. The summed E-state index contributed by atoms with van der Waals surface area (Å²) in [6, 6.07) is 19.1. The molecule has 8 heteroatoms. The maximum absolute atomic E-state index is 14.4. The Morgan fingerprint density at radius 2 is 1.84 bits per heavy atom. The molecule has 0 bridgehead atoms. The van der Waals surface area contributed by atoms with Gasteiger partial charge in [0.05, 0.1) is 40.5 Å². The Labute approximate surface area is 230 Å². The van der Waals surface area contributed by atoms with Gasteiger partial charge in [-0.05, 0) is 49.1 Å². The zero-order valence-corrected chi connectivity index (χ0v) is 22.5. The Hall–Kier alpha value is -3.29. The van der Waals surface area contributed by atoms with Gasteiger partial charge in [0.2, 0.25) is 5.91 Å². The van der Waals surface area contributed by atoms with Crippen LogP contribution in [0, 0.1) is 0 Å². The number of para-hydroxylation sites is 1. The second kappa shape index (κ2) is 10.5. The first-order valence-electron chi connectivity index (χ1n) is 13.0. The molecule has 1 fully saturated rings. The maximum Gasteiger partial charge on any atom is 0.258 e. The largest absolute Gasteiger partial charge is 0.467 e. The maximum atomic E-state index is 14.4. The van der Waals surface area contributed by atoms with E-state index in [2.05, 4.69) is 23.5 Å². The smallest absolute Gasteiger partial charge is 0.258 e. The average Bonchev–Trinajstić information content (AvgIpc) is 3.44. The Morgan fingerprint density at radius 3 is 2.63 bits per heavy atom. The number of rotatable bonds is 6. The number of fused-ring (bicyclic) bond motifs is 4. The average molecular weight is 546 g/mol. The number of nitrogens with zero attached hydrogens (tertiary/aromatic N) is 2. The van der Waals surface area contributed by atoms with Crippen molar-refractivity contribution in [3.63, 3.8) is 0 Å². The molecule has 0 radical (unpaired) electrons. The summed E-state index contributed by atoms with van der Waals surface area (Å²) < 4.78 is 7.30. The molecule has 2 aromatic carbocycles. The van der Waals surface area contributed by atoms with Gasteiger partial charge in [-0.15, -0.1) is 0 Å². The van der Waals surface area contributed by atoms with E-state index < -0.39 is 0 Å². The third kappa shape index (κ3) is 4.69. The Bertz CT molecular complexity index is 1540. The molecule has 1 amide bonds. The van der Waals surface area contributed by atoms with E-state index in [0.717, 1.165) is 48.9 Å². The number of carbonyl (C=O) groups is 1. The van der Waals surface area contributed by atoms with E-state index in [0.29, 0.717) is 21.6 Å². The first kappa shape index (κ1) is 25.0. The minimum absolute atomic E-state index is 0.0307. The molecule has 0 atom stereocenters. The number of thioether (sulfide) groups is 1. The lowest BCUT2D eigenvalue weighted by Crippen LogP contribution is -2.43. The van der Waals surface area contributed by atoms with Crippen LogP contribution in [-0.4, -0.2) is 21.2 Å². The molecule has 6 rings (SSSR count). The van der Waals surface area contributed by atoms with Gasteiger partial charge in [-0.1, -0.05) is 79.0 Å². The summed E-state index contributed by atoms with van der Waals surface area (Å²) in [7, 11) is 0. The highest BCUT2D eigenvalue weighted by Crippen LogP contribution is 2.48. The second-order valence-electron chi connectivity index (χ2n) is 10.1. The molecule has 6 nitrogen and oxygen atoms in total. The van der Waals surface area contributed by atoms with Crippen LogP contribution in [0.5, 0.6) is 0 Å². The lowest BCUT2D eigenvalue weighted by molar-refractivity contribution is -0.113. The van der Waals surface area contributed by atoms with Crippen LogP contribution >= 0.6 is 23.4 Å². The SMILES string of the molecule is O=C(CSc1nc2c(c(=O)n1Cc1ccco1)C1(CCCCC1)Cc1ccccc1-2)Nc1ccccc1Cl.